The molecule has 0 radical (unpaired) electrons. The number of benzene rings is 2. The zero-order chi connectivity index (χ0) is 16.2. The van der Waals surface area contributed by atoms with E-state index in [0.717, 1.165) is 10.1 Å². The van der Waals surface area contributed by atoms with E-state index in [4.69, 9.17) is 16.3 Å². The molecule has 0 aliphatic carbocycles. The Bertz CT molecular complexity index is 842. The van der Waals surface area contributed by atoms with Crippen molar-refractivity contribution in [3.8, 4) is 0 Å². The summed E-state index contributed by atoms with van der Waals surface area (Å²) >= 11 is 7.18. The lowest BCUT2D eigenvalue weighted by Crippen LogP contribution is -2.20. The van der Waals surface area contributed by atoms with Crippen molar-refractivity contribution in [3.63, 3.8) is 0 Å². The molecule has 0 spiro atoms. The van der Waals surface area contributed by atoms with Gasteiger partial charge in [-0.3, -0.25) is 4.79 Å². The summed E-state index contributed by atoms with van der Waals surface area (Å²) in [6, 6.07) is 16.2. The Hall–Kier alpha value is -2.37. The Morgan fingerprint density at radius 1 is 1.09 bits per heavy atom. The largest absolute Gasteiger partial charge is 0.451 e. The molecule has 0 aliphatic heterocycles. The minimum absolute atomic E-state index is 0.348. The highest BCUT2D eigenvalue weighted by Gasteiger charge is 2.13. The lowest BCUT2D eigenvalue weighted by atomic mass is 10.2. The van der Waals surface area contributed by atoms with Gasteiger partial charge in [0.2, 0.25) is 0 Å². The minimum atomic E-state index is -0.507. The van der Waals surface area contributed by atoms with E-state index in [9.17, 15) is 9.59 Å². The first kappa shape index (κ1) is 15.5. The molecule has 6 heteroatoms. The summed E-state index contributed by atoms with van der Waals surface area (Å²) < 4.78 is 6.05. The fourth-order valence-corrected chi connectivity index (χ4v) is 3.19. The van der Waals surface area contributed by atoms with Crippen molar-refractivity contribution in [3.05, 3.63) is 64.5 Å². The van der Waals surface area contributed by atoms with Crippen LogP contribution in [0.2, 0.25) is 5.02 Å². The molecular formula is C17H12ClNO3S. The van der Waals surface area contributed by atoms with Crippen molar-refractivity contribution in [2.75, 3.05) is 11.9 Å². The van der Waals surface area contributed by atoms with Crippen LogP contribution in [-0.2, 0) is 9.53 Å². The van der Waals surface area contributed by atoms with Crippen LogP contribution in [0.5, 0.6) is 0 Å². The third-order valence-electron chi connectivity index (χ3n) is 3.07. The third kappa shape index (κ3) is 3.88. The van der Waals surface area contributed by atoms with Gasteiger partial charge in [0.25, 0.3) is 5.91 Å². The topological polar surface area (TPSA) is 55.4 Å². The number of anilines is 1. The molecule has 0 saturated carbocycles. The molecule has 3 rings (SSSR count). The minimum Gasteiger partial charge on any atom is -0.451 e. The number of nitrogens with one attached hydrogen (secondary N) is 1. The number of carbonyl (C=O) groups excluding carboxylic acids is 2. The smallest absolute Gasteiger partial charge is 0.348 e. The Labute approximate surface area is 141 Å². The maximum absolute atomic E-state index is 12.0. The number of halogens is 1. The van der Waals surface area contributed by atoms with Crippen molar-refractivity contribution in [2.24, 2.45) is 0 Å². The molecule has 0 atom stereocenters. The van der Waals surface area contributed by atoms with E-state index in [-0.39, 0.29) is 6.61 Å². The SMILES string of the molecule is O=C(COC(=O)c1cc2ccccc2s1)Nc1cccc(Cl)c1. The Morgan fingerprint density at radius 3 is 2.70 bits per heavy atom. The van der Waals surface area contributed by atoms with Gasteiger partial charge in [0.15, 0.2) is 6.61 Å². The second-order valence-electron chi connectivity index (χ2n) is 4.78. The molecule has 0 aliphatic rings. The molecule has 0 unspecified atom stereocenters. The van der Waals surface area contributed by atoms with E-state index in [1.807, 2.05) is 24.3 Å². The van der Waals surface area contributed by atoms with Crippen LogP contribution in [0, 0.1) is 0 Å². The molecule has 1 aromatic heterocycles. The highest BCUT2D eigenvalue weighted by molar-refractivity contribution is 7.20. The van der Waals surface area contributed by atoms with Crippen molar-refractivity contribution in [2.45, 2.75) is 0 Å². The van der Waals surface area contributed by atoms with Gasteiger partial charge in [-0.25, -0.2) is 4.79 Å². The number of rotatable bonds is 4. The number of thiophene rings is 1. The lowest BCUT2D eigenvalue weighted by Gasteiger charge is -2.06. The van der Waals surface area contributed by atoms with Gasteiger partial charge < -0.3 is 10.1 Å². The van der Waals surface area contributed by atoms with Crippen LogP contribution in [0.3, 0.4) is 0 Å². The summed E-state index contributed by atoms with van der Waals surface area (Å²) in [7, 11) is 0. The van der Waals surface area contributed by atoms with Gasteiger partial charge in [-0.15, -0.1) is 11.3 Å². The third-order valence-corrected chi connectivity index (χ3v) is 4.40. The number of carbonyl (C=O) groups is 2. The van der Waals surface area contributed by atoms with E-state index < -0.39 is 11.9 Å². The maximum atomic E-state index is 12.0. The zero-order valence-electron chi connectivity index (χ0n) is 11.9. The summed E-state index contributed by atoms with van der Waals surface area (Å²) in [5.74, 6) is -0.922. The lowest BCUT2D eigenvalue weighted by molar-refractivity contribution is -0.119. The highest BCUT2D eigenvalue weighted by Crippen LogP contribution is 2.25. The standard InChI is InChI=1S/C17H12ClNO3S/c18-12-5-3-6-13(9-12)19-16(20)10-22-17(21)15-8-11-4-1-2-7-14(11)23-15/h1-9H,10H2,(H,19,20). The molecule has 4 nitrogen and oxygen atoms in total. The van der Waals surface area contributed by atoms with Crippen LogP contribution in [0.4, 0.5) is 5.69 Å². The van der Waals surface area contributed by atoms with E-state index in [2.05, 4.69) is 5.32 Å². The van der Waals surface area contributed by atoms with Gasteiger partial charge in [-0.05, 0) is 35.7 Å². The van der Waals surface area contributed by atoms with Crippen LogP contribution in [-0.4, -0.2) is 18.5 Å². The molecule has 116 valence electrons. The second-order valence-corrected chi connectivity index (χ2v) is 6.30. The molecule has 1 amide bonds. The fourth-order valence-electron chi connectivity index (χ4n) is 2.05. The van der Waals surface area contributed by atoms with Gasteiger partial charge in [0, 0.05) is 15.4 Å². The normalized spacial score (nSPS) is 10.5. The quantitative estimate of drug-likeness (QED) is 0.715. The predicted molar refractivity (Wildman–Crippen MR) is 92.2 cm³/mol. The molecule has 1 N–H and O–H groups in total. The van der Waals surface area contributed by atoms with Crippen molar-refractivity contribution in [1.82, 2.24) is 0 Å². The highest BCUT2D eigenvalue weighted by atomic mass is 35.5. The van der Waals surface area contributed by atoms with Gasteiger partial charge in [-0.1, -0.05) is 35.9 Å². The van der Waals surface area contributed by atoms with Crippen LogP contribution in [0.25, 0.3) is 10.1 Å². The Morgan fingerprint density at radius 2 is 1.91 bits per heavy atom. The first-order chi connectivity index (χ1) is 11.1. The van der Waals surface area contributed by atoms with Gasteiger partial charge in [-0.2, -0.15) is 0 Å². The average molecular weight is 346 g/mol. The van der Waals surface area contributed by atoms with E-state index >= 15 is 0 Å². The average Bonchev–Trinajstić information content (AvgIpc) is 2.97. The number of hydrogen-bond donors (Lipinski definition) is 1. The van der Waals surface area contributed by atoms with Gasteiger partial charge in [0.1, 0.15) is 4.88 Å². The van der Waals surface area contributed by atoms with E-state index in [1.165, 1.54) is 11.3 Å². The number of ether oxygens (including phenoxy) is 1. The molecule has 3 aromatic rings. The summed E-state index contributed by atoms with van der Waals surface area (Å²) in [5, 5.41) is 4.12. The summed E-state index contributed by atoms with van der Waals surface area (Å²) in [5.41, 5.74) is 0.556. The van der Waals surface area contributed by atoms with Crippen LogP contribution in [0.15, 0.2) is 54.6 Å². The van der Waals surface area contributed by atoms with Crippen molar-refractivity contribution in [1.29, 1.82) is 0 Å². The predicted octanol–water partition coefficient (Wildman–Crippen LogP) is 4.35. The zero-order valence-corrected chi connectivity index (χ0v) is 13.5. The first-order valence-corrected chi connectivity index (χ1v) is 8.02. The van der Waals surface area contributed by atoms with Crippen LogP contribution < -0.4 is 5.32 Å². The summed E-state index contributed by atoms with van der Waals surface area (Å²) in [6.45, 7) is -0.348. The van der Waals surface area contributed by atoms with Crippen LogP contribution in [0.1, 0.15) is 9.67 Å². The number of fused-ring (bicyclic) bond motifs is 1. The first-order valence-electron chi connectivity index (χ1n) is 6.83. The molecule has 0 bridgehead atoms. The second kappa shape index (κ2) is 6.81. The number of esters is 1. The number of amides is 1. The molecule has 2 aromatic carbocycles. The van der Waals surface area contributed by atoms with E-state index in [1.54, 1.807) is 30.3 Å². The maximum Gasteiger partial charge on any atom is 0.348 e. The summed E-state index contributed by atoms with van der Waals surface area (Å²) in [6.07, 6.45) is 0. The van der Waals surface area contributed by atoms with Crippen molar-refractivity contribution < 1.29 is 14.3 Å². The van der Waals surface area contributed by atoms with Crippen LogP contribution >= 0.6 is 22.9 Å². The fraction of sp³-hybridized carbons (Fsp3) is 0.0588. The summed E-state index contributed by atoms with van der Waals surface area (Å²) in [4.78, 5) is 24.3. The van der Waals surface area contributed by atoms with Gasteiger partial charge >= 0.3 is 5.97 Å². The van der Waals surface area contributed by atoms with Crippen molar-refractivity contribution >= 4 is 50.6 Å². The molecule has 0 fully saturated rings. The molecule has 23 heavy (non-hydrogen) atoms. The monoisotopic (exact) mass is 345 g/mol. The molecular weight excluding hydrogens is 334 g/mol. The van der Waals surface area contributed by atoms with E-state index in [0.29, 0.717) is 15.6 Å². The number of hydrogen-bond acceptors (Lipinski definition) is 4. The van der Waals surface area contributed by atoms with Gasteiger partial charge in [0.05, 0.1) is 0 Å². The Balaban J connectivity index is 1.59. The Kier molecular flexibility index (Phi) is 4.60. The molecule has 1 heterocycles. The molecule has 0 saturated heterocycles.